The van der Waals surface area contributed by atoms with E-state index in [2.05, 4.69) is 47.0 Å². The molecule has 0 N–H and O–H groups in total. The summed E-state index contributed by atoms with van der Waals surface area (Å²) in [6.45, 7) is 2.15. The second-order valence-corrected chi connectivity index (χ2v) is 5.27. The molecule has 0 bridgehead atoms. The molecule has 1 heterocycles. The number of fused-ring (bicyclic) bond motifs is 1. The fourth-order valence-electron chi connectivity index (χ4n) is 1.43. The first-order valence-corrected chi connectivity index (χ1v) is 6.44. The summed E-state index contributed by atoms with van der Waals surface area (Å²) in [5.74, 6) is 0.605. The van der Waals surface area contributed by atoms with Gasteiger partial charge in [0.15, 0.2) is 0 Å². The molecule has 1 aromatic carbocycles. The minimum atomic E-state index is 0.605. The molecule has 2 rings (SSSR count). The Kier molecular flexibility index (Phi) is 2.81. The van der Waals surface area contributed by atoms with Gasteiger partial charge in [-0.1, -0.05) is 12.1 Å². The Labute approximate surface area is 100 Å². The minimum Gasteiger partial charge on any atom is -0.142 e. The number of thiophene rings is 1. The molecule has 0 fully saturated rings. The highest BCUT2D eigenvalue weighted by molar-refractivity contribution is 14.1. The van der Waals surface area contributed by atoms with Crippen molar-refractivity contribution in [3.05, 3.63) is 32.2 Å². The van der Waals surface area contributed by atoms with Crippen molar-refractivity contribution in [3.8, 4) is 0 Å². The molecule has 0 aliphatic carbocycles. The molecule has 3 heteroatoms. The lowest BCUT2D eigenvalue weighted by Gasteiger charge is -2.01. The van der Waals surface area contributed by atoms with Crippen molar-refractivity contribution in [3.63, 3.8) is 0 Å². The van der Waals surface area contributed by atoms with Crippen molar-refractivity contribution in [1.29, 1.82) is 0 Å². The molecule has 68 valence electrons. The second kappa shape index (κ2) is 3.75. The third-order valence-electron chi connectivity index (χ3n) is 2.11. The van der Waals surface area contributed by atoms with Gasteiger partial charge in [0, 0.05) is 24.9 Å². The van der Waals surface area contributed by atoms with Crippen LogP contribution in [0.1, 0.15) is 11.1 Å². The van der Waals surface area contributed by atoms with Gasteiger partial charge in [-0.2, -0.15) is 0 Å². The zero-order chi connectivity index (χ0) is 9.42. The van der Waals surface area contributed by atoms with Crippen LogP contribution < -0.4 is 0 Å². The topological polar surface area (TPSA) is 0 Å². The molecule has 0 radical (unpaired) electrons. The number of hydrogen-bond acceptors (Lipinski definition) is 1. The number of hydrogen-bond donors (Lipinski definition) is 0. The highest BCUT2D eigenvalue weighted by Gasteiger charge is 2.07. The van der Waals surface area contributed by atoms with Crippen molar-refractivity contribution in [2.75, 3.05) is 0 Å². The van der Waals surface area contributed by atoms with E-state index in [0.29, 0.717) is 5.88 Å². The summed E-state index contributed by atoms with van der Waals surface area (Å²) in [5, 5.41) is 3.57. The molecule has 0 saturated heterocycles. The number of benzene rings is 1. The molecular formula is C10H8ClIS. The van der Waals surface area contributed by atoms with Gasteiger partial charge in [-0.3, -0.25) is 0 Å². The third kappa shape index (κ3) is 1.60. The van der Waals surface area contributed by atoms with Gasteiger partial charge in [-0.25, -0.2) is 0 Å². The standard InChI is InChI=1S/C10H8ClIS/c1-6-2-3-7(4-11)10-9(6)8(12)5-13-10/h2-3,5H,4H2,1H3. The Morgan fingerprint density at radius 1 is 1.46 bits per heavy atom. The molecule has 0 aliphatic heterocycles. The maximum absolute atomic E-state index is 5.87. The smallest absolute Gasteiger partial charge is 0.0488 e. The van der Waals surface area contributed by atoms with Crippen LogP contribution in [-0.2, 0) is 5.88 Å². The third-order valence-corrected chi connectivity index (χ3v) is 4.73. The zero-order valence-corrected chi connectivity index (χ0v) is 10.8. The molecule has 1 aromatic heterocycles. The Bertz CT molecular complexity index is 447. The van der Waals surface area contributed by atoms with E-state index >= 15 is 0 Å². The van der Waals surface area contributed by atoms with Gasteiger partial charge in [-0.15, -0.1) is 22.9 Å². The second-order valence-electron chi connectivity index (χ2n) is 2.96. The monoisotopic (exact) mass is 322 g/mol. The summed E-state index contributed by atoms with van der Waals surface area (Å²) in [5.41, 5.74) is 2.59. The van der Waals surface area contributed by atoms with Gasteiger partial charge >= 0.3 is 0 Å². The van der Waals surface area contributed by atoms with Crippen LogP contribution in [0.5, 0.6) is 0 Å². The summed E-state index contributed by atoms with van der Waals surface area (Å²) < 4.78 is 2.68. The first-order valence-electron chi connectivity index (χ1n) is 3.95. The van der Waals surface area contributed by atoms with Crippen molar-refractivity contribution in [2.24, 2.45) is 0 Å². The van der Waals surface area contributed by atoms with E-state index in [-0.39, 0.29) is 0 Å². The molecule has 0 unspecified atom stereocenters. The first kappa shape index (κ1) is 9.74. The lowest BCUT2D eigenvalue weighted by atomic mass is 10.1. The quantitative estimate of drug-likeness (QED) is 0.533. The lowest BCUT2D eigenvalue weighted by Crippen LogP contribution is -1.81. The largest absolute Gasteiger partial charge is 0.142 e. The van der Waals surface area contributed by atoms with Crippen molar-refractivity contribution in [1.82, 2.24) is 0 Å². The fourth-order valence-corrected chi connectivity index (χ4v) is 4.01. The average molecular weight is 323 g/mol. The lowest BCUT2D eigenvalue weighted by molar-refractivity contribution is 1.43. The van der Waals surface area contributed by atoms with Gasteiger partial charge in [0.1, 0.15) is 0 Å². The molecule has 2 aromatic rings. The van der Waals surface area contributed by atoms with Crippen LogP contribution in [0, 0.1) is 10.5 Å². The Morgan fingerprint density at radius 3 is 2.92 bits per heavy atom. The molecule has 0 spiro atoms. The van der Waals surface area contributed by atoms with Crippen molar-refractivity contribution in [2.45, 2.75) is 12.8 Å². The van der Waals surface area contributed by atoms with Crippen molar-refractivity contribution < 1.29 is 0 Å². The molecule has 13 heavy (non-hydrogen) atoms. The van der Waals surface area contributed by atoms with E-state index < -0.39 is 0 Å². The van der Waals surface area contributed by atoms with E-state index in [1.807, 2.05) is 0 Å². The predicted octanol–water partition coefficient (Wildman–Crippen LogP) is 4.55. The maximum atomic E-state index is 5.87. The first-order chi connectivity index (χ1) is 6.24. The maximum Gasteiger partial charge on any atom is 0.0488 e. The normalized spacial score (nSPS) is 11.0. The molecular weight excluding hydrogens is 315 g/mol. The Morgan fingerprint density at radius 2 is 2.23 bits per heavy atom. The SMILES string of the molecule is Cc1ccc(CCl)c2scc(I)c12. The van der Waals surface area contributed by atoms with Gasteiger partial charge < -0.3 is 0 Å². The van der Waals surface area contributed by atoms with E-state index in [1.165, 1.54) is 24.8 Å². The number of alkyl halides is 1. The van der Waals surface area contributed by atoms with Crippen LogP contribution in [0.3, 0.4) is 0 Å². The van der Waals surface area contributed by atoms with Crippen LogP contribution in [-0.4, -0.2) is 0 Å². The molecule has 0 amide bonds. The van der Waals surface area contributed by atoms with Gasteiger partial charge in [0.25, 0.3) is 0 Å². The van der Waals surface area contributed by atoms with Gasteiger partial charge in [0.05, 0.1) is 0 Å². The van der Waals surface area contributed by atoms with Crippen molar-refractivity contribution >= 4 is 55.6 Å². The van der Waals surface area contributed by atoms with Gasteiger partial charge in [0.2, 0.25) is 0 Å². The number of rotatable bonds is 1. The molecule has 0 nitrogen and oxygen atoms in total. The minimum absolute atomic E-state index is 0.605. The highest BCUT2D eigenvalue weighted by Crippen LogP contribution is 2.33. The fraction of sp³-hybridized carbons (Fsp3) is 0.200. The number of aryl methyl sites for hydroxylation is 1. The van der Waals surface area contributed by atoms with Crippen LogP contribution in [0.4, 0.5) is 0 Å². The summed E-state index contributed by atoms with van der Waals surface area (Å²) in [7, 11) is 0. The summed E-state index contributed by atoms with van der Waals surface area (Å²) in [6.07, 6.45) is 0. The molecule has 0 atom stereocenters. The van der Waals surface area contributed by atoms with Crippen LogP contribution in [0.25, 0.3) is 10.1 Å². The summed E-state index contributed by atoms with van der Waals surface area (Å²) in [4.78, 5) is 0. The molecule has 0 saturated carbocycles. The van der Waals surface area contributed by atoms with Gasteiger partial charge in [-0.05, 0) is 40.6 Å². The van der Waals surface area contributed by atoms with Crippen LogP contribution in [0.2, 0.25) is 0 Å². The van der Waals surface area contributed by atoms with E-state index in [0.717, 1.165) is 0 Å². The highest BCUT2D eigenvalue weighted by atomic mass is 127. The van der Waals surface area contributed by atoms with E-state index in [9.17, 15) is 0 Å². The summed E-state index contributed by atoms with van der Waals surface area (Å²) >= 11 is 10.0. The Hall–Kier alpha value is 0.200. The number of halogens is 2. The van der Waals surface area contributed by atoms with Crippen LogP contribution >= 0.6 is 45.5 Å². The predicted molar refractivity (Wildman–Crippen MR) is 68.8 cm³/mol. The van der Waals surface area contributed by atoms with Crippen LogP contribution in [0.15, 0.2) is 17.5 Å². The van der Waals surface area contributed by atoms with E-state index in [4.69, 9.17) is 11.6 Å². The average Bonchev–Trinajstić information content (AvgIpc) is 2.50. The molecule has 0 aliphatic rings. The van der Waals surface area contributed by atoms with E-state index in [1.54, 1.807) is 11.3 Å². The Balaban J connectivity index is 2.87. The zero-order valence-electron chi connectivity index (χ0n) is 7.10. The summed E-state index contributed by atoms with van der Waals surface area (Å²) in [6, 6.07) is 4.27.